The van der Waals surface area contributed by atoms with Gasteiger partial charge in [0.15, 0.2) is 5.76 Å². The highest BCUT2D eigenvalue weighted by Gasteiger charge is 2.21. The molecule has 0 aliphatic rings. The molecule has 18 heavy (non-hydrogen) atoms. The Morgan fingerprint density at radius 3 is 2.67 bits per heavy atom. The van der Waals surface area contributed by atoms with Crippen molar-refractivity contribution in [1.82, 2.24) is 5.16 Å². The molecule has 4 nitrogen and oxygen atoms in total. The first-order valence-electron chi connectivity index (χ1n) is 5.04. The molecule has 0 saturated carbocycles. The van der Waals surface area contributed by atoms with E-state index < -0.39 is 5.97 Å². The summed E-state index contributed by atoms with van der Waals surface area (Å²) < 4.78 is 9.76. The van der Waals surface area contributed by atoms with Gasteiger partial charge in [-0.25, -0.2) is 4.79 Å². The molecule has 6 heteroatoms. The summed E-state index contributed by atoms with van der Waals surface area (Å²) in [7, 11) is 1.28. The van der Waals surface area contributed by atoms with Gasteiger partial charge in [0.2, 0.25) is 0 Å². The molecule has 2 rings (SSSR count). The Balaban J connectivity index is 2.68. The van der Waals surface area contributed by atoms with Crippen molar-refractivity contribution in [2.24, 2.45) is 0 Å². The average Bonchev–Trinajstić information content (AvgIpc) is 2.75. The van der Waals surface area contributed by atoms with E-state index in [-0.39, 0.29) is 10.6 Å². The Morgan fingerprint density at radius 1 is 1.39 bits per heavy atom. The average molecular weight is 286 g/mol. The normalized spacial score (nSPS) is 10.4. The van der Waals surface area contributed by atoms with E-state index in [1.807, 2.05) is 6.92 Å². The van der Waals surface area contributed by atoms with Crippen LogP contribution in [0.15, 0.2) is 22.9 Å². The minimum Gasteiger partial charge on any atom is -0.465 e. The predicted molar refractivity (Wildman–Crippen MR) is 68.0 cm³/mol. The van der Waals surface area contributed by atoms with E-state index in [0.717, 1.165) is 5.56 Å². The Labute approximate surface area is 113 Å². The third-order valence-corrected chi connectivity index (χ3v) is 3.18. The monoisotopic (exact) mass is 285 g/mol. The zero-order valence-electron chi connectivity index (χ0n) is 9.66. The van der Waals surface area contributed by atoms with E-state index >= 15 is 0 Å². The van der Waals surface area contributed by atoms with E-state index in [1.54, 1.807) is 12.3 Å². The summed E-state index contributed by atoms with van der Waals surface area (Å²) in [5.41, 5.74) is 1.45. The van der Waals surface area contributed by atoms with Gasteiger partial charge in [-0.15, -0.1) is 0 Å². The van der Waals surface area contributed by atoms with Crippen LogP contribution in [0.1, 0.15) is 15.9 Å². The Kier molecular flexibility index (Phi) is 3.59. The summed E-state index contributed by atoms with van der Waals surface area (Å²) in [4.78, 5) is 11.6. The molecule has 0 amide bonds. The van der Waals surface area contributed by atoms with E-state index in [4.69, 9.17) is 27.7 Å². The molecule has 0 N–H and O–H groups in total. The van der Waals surface area contributed by atoms with Crippen LogP contribution < -0.4 is 0 Å². The molecule has 2 aromatic rings. The second kappa shape index (κ2) is 5.00. The fraction of sp³-hybridized carbons (Fsp3) is 0.167. The Morgan fingerprint density at radius 2 is 2.11 bits per heavy atom. The molecule has 0 fully saturated rings. The molecule has 94 valence electrons. The SMILES string of the molecule is COC(=O)c1ccc(Cl)c(-c2oncc2C)c1Cl. The highest BCUT2D eigenvalue weighted by molar-refractivity contribution is 6.40. The van der Waals surface area contributed by atoms with Gasteiger partial charge in [-0.3, -0.25) is 0 Å². The zero-order chi connectivity index (χ0) is 13.3. The fourth-order valence-electron chi connectivity index (χ4n) is 1.56. The third kappa shape index (κ3) is 2.09. The summed E-state index contributed by atoms with van der Waals surface area (Å²) in [6, 6.07) is 3.07. The first-order chi connectivity index (χ1) is 8.56. The first-order valence-corrected chi connectivity index (χ1v) is 5.79. The molecular formula is C12H9Cl2NO3. The lowest BCUT2D eigenvalue weighted by Gasteiger charge is -2.08. The van der Waals surface area contributed by atoms with Gasteiger partial charge in [0, 0.05) is 5.56 Å². The lowest BCUT2D eigenvalue weighted by atomic mass is 10.1. The maximum atomic E-state index is 11.6. The lowest BCUT2D eigenvalue weighted by molar-refractivity contribution is 0.0601. The van der Waals surface area contributed by atoms with Gasteiger partial charge in [-0.05, 0) is 19.1 Å². The van der Waals surface area contributed by atoms with Crippen LogP contribution in [-0.2, 0) is 4.74 Å². The van der Waals surface area contributed by atoms with Crippen molar-refractivity contribution in [1.29, 1.82) is 0 Å². The standard InChI is InChI=1S/C12H9Cl2NO3/c1-6-5-15-18-11(6)9-8(13)4-3-7(10(9)14)12(16)17-2/h3-5H,1-2H3. The van der Waals surface area contributed by atoms with Gasteiger partial charge in [0.25, 0.3) is 0 Å². The van der Waals surface area contributed by atoms with Gasteiger partial charge >= 0.3 is 5.97 Å². The Bertz CT molecular complexity index is 607. The zero-order valence-corrected chi connectivity index (χ0v) is 11.2. The van der Waals surface area contributed by atoms with Crippen molar-refractivity contribution < 1.29 is 14.1 Å². The van der Waals surface area contributed by atoms with E-state index in [0.29, 0.717) is 16.3 Å². The van der Waals surface area contributed by atoms with E-state index in [2.05, 4.69) is 9.89 Å². The Hall–Kier alpha value is -1.52. The van der Waals surface area contributed by atoms with Crippen molar-refractivity contribution in [3.05, 3.63) is 39.5 Å². The minimum atomic E-state index is -0.532. The number of aromatic nitrogens is 1. The molecular weight excluding hydrogens is 277 g/mol. The summed E-state index contributed by atoms with van der Waals surface area (Å²) >= 11 is 12.3. The van der Waals surface area contributed by atoms with E-state index in [1.165, 1.54) is 13.2 Å². The van der Waals surface area contributed by atoms with Crippen LogP contribution in [0.25, 0.3) is 11.3 Å². The number of hydrogen-bond donors (Lipinski definition) is 0. The summed E-state index contributed by atoms with van der Waals surface area (Å²) in [6.45, 7) is 1.81. The number of carbonyl (C=O) groups excluding carboxylic acids is 1. The first kappa shape index (κ1) is 12.9. The van der Waals surface area contributed by atoms with Crippen LogP contribution in [-0.4, -0.2) is 18.2 Å². The number of rotatable bonds is 2. The van der Waals surface area contributed by atoms with Gasteiger partial charge in [0.05, 0.1) is 34.5 Å². The molecule has 0 aliphatic heterocycles. The second-order valence-electron chi connectivity index (χ2n) is 3.61. The number of hydrogen-bond acceptors (Lipinski definition) is 4. The molecule has 1 aromatic carbocycles. The number of methoxy groups -OCH3 is 1. The van der Waals surface area contributed by atoms with Crippen molar-refractivity contribution in [2.45, 2.75) is 6.92 Å². The predicted octanol–water partition coefficient (Wildman–Crippen LogP) is 3.74. The van der Waals surface area contributed by atoms with Gasteiger partial charge in [-0.1, -0.05) is 28.4 Å². The van der Waals surface area contributed by atoms with Crippen molar-refractivity contribution in [3.63, 3.8) is 0 Å². The van der Waals surface area contributed by atoms with Crippen molar-refractivity contribution >= 4 is 29.2 Å². The van der Waals surface area contributed by atoms with E-state index in [9.17, 15) is 4.79 Å². The van der Waals surface area contributed by atoms with Crippen LogP contribution in [0, 0.1) is 6.92 Å². The minimum absolute atomic E-state index is 0.189. The van der Waals surface area contributed by atoms with Crippen LogP contribution in [0.2, 0.25) is 10.0 Å². The molecule has 0 unspecified atom stereocenters. The molecule has 0 spiro atoms. The fourth-order valence-corrected chi connectivity index (χ4v) is 2.18. The molecule has 0 radical (unpaired) electrons. The van der Waals surface area contributed by atoms with Gasteiger partial charge < -0.3 is 9.26 Å². The van der Waals surface area contributed by atoms with Crippen LogP contribution >= 0.6 is 23.2 Å². The van der Waals surface area contributed by atoms with Crippen LogP contribution in [0.5, 0.6) is 0 Å². The number of benzene rings is 1. The molecule has 1 heterocycles. The summed E-state index contributed by atoms with van der Waals surface area (Å²) in [5, 5.41) is 4.24. The maximum absolute atomic E-state index is 11.6. The van der Waals surface area contributed by atoms with Crippen molar-refractivity contribution in [3.8, 4) is 11.3 Å². The molecule has 0 atom stereocenters. The van der Waals surface area contributed by atoms with Crippen molar-refractivity contribution in [2.75, 3.05) is 7.11 Å². The maximum Gasteiger partial charge on any atom is 0.339 e. The van der Waals surface area contributed by atoms with Crippen LogP contribution in [0.3, 0.4) is 0 Å². The molecule has 0 aliphatic carbocycles. The molecule has 0 bridgehead atoms. The number of esters is 1. The smallest absolute Gasteiger partial charge is 0.339 e. The van der Waals surface area contributed by atoms with Crippen LogP contribution in [0.4, 0.5) is 0 Å². The quantitative estimate of drug-likeness (QED) is 0.789. The number of halogens is 2. The van der Waals surface area contributed by atoms with Gasteiger partial charge in [-0.2, -0.15) is 0 Å². The van der Waals surface area contributed by atoms with Gasteiger partial charge in [0.1, 0.15) is 0 Å². The largest absolute Gasteiger partial charge is 0.465 e. The number of nitrogens with zero attached hydrogens (tertiary/aromatic N) is 1. The third-order valence-electron chi connectivity index (χ3n) is 2.47. The summed E-state index contributed by atoms with van der Waals surface area (Å²) in [6.07, 6.45) is 1.55. The topological polar surface area (TPSA) is 52.3 Å². The number of ether oxygens (including phenoxy) is 1. The molecule has 1 aromatic heterocycles. The second-order valence-corrected chi connectivity index (χ2v) is 4.40. The summed E-state index contributed by atoms with van der Waals surface area (Å²) in [5.74, 6) is -0.0918. The number of carbonyl (C=O) groups is 1. The molecule has 0 saturated heterocycles. The lowest BCUT2D eigenvalue weighted by Crippen LogP contribution is -2.03. The highest BCUT2D eigenvalue weighted by atomic mass is 35.5. The highest BCUT2D eigenvalue weighted by Crippen LogP contribution is 2.38. The number of aryl methyl sites for hydroxylation is 1.